The van der Waals surface area contributed by atoms with Crippen LogP contribution in [0.15, 0.2) is 23.3 Å². The fourth-order valence-electron chi connectivity index (χ4n) is 1.90. The van der Waals surface area contributed by atoms with Crippen molar-refractivity contribution in [1.29, 1.82) is 0 Å². The van der Waals surface area contributed by atoms with Crippen molar-refractivity contribution >= 4 is 18.8 Å². The van der Waals surface area contributed by atoms with E-state index in [-0.39, 0.29) is 5.75 Å². The molecule has 0 radical (unpaired) electrons. The number of hydrogen-bond donors (Lipinski definition) is 2. The lowest BCUT2D eigenvalue weighted by atomic mass is 9.77. The molecule has 19 heavy (non-hydrogen) atoms. The molecule has 3 N–H and O–H groups in total. The lowest BCUT2D eigenvalue weighted by Gasteiger charge is -2.32. The second-order valence-electron chi connectivity index (χ2n) is 5.68. The number of benzene rings is 1. The summed E-state index contributed by atoms with van der Waals surface area (Å²) in [6.45, 7) is 7.87. The smallest absolute Gasteiger partial charge is 0.498 e. The largest absolute Gasteiger partial charge is 0.508 e. The van der Waals surface area contributed by atoms with Gasteiger partial charge in [0.25, 0.3) is 0 Å². The summed E-state index contributed by atoms with van der Waals surface area (Å²) in [4.78, 5) is 0. The highest BCUT2D eigenvalue weighted by Crippen LogP contribution is 2.37. The Labute approximate surface area is 113 Å². The van der Waals surface area contributed by atoms with Crippen molar-refractivity contribution < 1.29 is 14.4 Å². The number of aromatic hydroxyl groups is 1. The van der Waals surface area contributed by atoms with Crippen molar-refractivity contribution in [2.45, 2.75) is 38.9 Å². The number of phenolic OH excluding ortho intramolecular Hbond substituents is 1. The summed E-state index contributed by atoms with van der Waals surface area (Å²) in [5.41, 5.74) is 0.477. The van der Waals surface area contributed by atoms with Crippen LogP contribution in [-0.4, -0.2) is 29.6 Å². The molecule has 1 aromatic rings. The van der Waals surface area contributed by atoms with Crippen molar-refractivity contribution in [2.24, 2.45) is 10.9 Å². The molecule has 1 aliphatic heterocycles. The average molecular weight is 262 g/mol. The highest BCUT2D eigenvalue weighted by Gasteiger charge is 2.52. The zero-order valence-electron chi connectivity index (χ0n) is 11.7. The minimum atomic E-state index is -0.601. The van der Waals surface area contributed by atoms with Crippen molar-refractivity contribution in [2.75, 3.05) is 0 Å². The zero-order valence-corrected chi connectivity index (χ0v) is 11.7. The predicted octanol–water partition coefficient (Wildman–Crippen LogP) is 0.984. The van der Waals surface area contributed by atoms with Gasteiger partial charge in [0.2, 0.25) is 0 Å². The summed E-state index contributed by atoms with van der Waals surface area (Å²) >= 11 is 0. The van der Waals surface area contributed by atoms with Gasteiger partial charge in [-0.2, -0.15) is 5.10 Å². The zero-order chi connectivity index (χ0) is 14.3. The Kier molecular flexibility index (Phi) is 3.32. The molecule has 1 saturated heterocycles. The molecule has 102 valence electrons. The molecule has 2 rings (SSSR count). The van der Waals surface area contributed by atoms with E-state index in [1.165, 1.54) is 6.21 Å². The van der Waals surface area contributed by atoms with Crippen molar-refractivity contribution in [3.05, 3.63) is 23.8 Å². The highest BCUT2D eigenvalue weighted by atomic mass is 16.7. The molecular weight excluding hydrogens is 243 g/mol. The SMILES string of the molecule is CC1(C)OB(c2cc(C=NN)ccc2O)OC1(C)C. The van der Waals surface area contributed by atoms with Crippen LogP contribution >= 0.6 is 0 Å². The third-order valence-corrected chi connectivity index (χ3v) is 3.78. The fourth-order valence-corrected chi connectivity index (χ4v) is 1.90. The lowest BCUT2D eigenvalue weighted by Crippen LogP contribution is -2.41. The Morgan fingerprint density at radius 3 is 2.32 bits per heavy atom. The minimum absolute atomic E-state index is 0.132. The van der Waals surface area contributed by atoms with Crippen LogP contribution in [0.25, 0.3) is 0 Å². The van der Waals surface area contributed by atoms with Gasteiger partial charge in [-0.05, 0) is 51.5 Å². The molecule has 0 unspecified atom stereocenters. The van der Waals surface area contributed by atoms with E-state index in [2.05, 4.69) is 5.10 Å². The molecule has 1 fully saturated rings. The van der Waals surface area contributed by atoms with Crippen LogP contribution in [0, 0.1) is 0 Å². The molecule has 6 heteroatoms. The van der Waals surface area contributed by atoms with Gasteiger partial charge in [0.1, 0.15) is 5.75 Å². The third-order valence-electron chi connectivity index (χ3n) is 3.78. The first kappa shape index (κ1) is 13.9. The number of nitrogens with zero attached hydrogens (tertiary/aromatic N) is 1. The van der Waals surface area contributed by atoms with Gasteiger partial charge in [-0.25, -0.2) is 0 Å². The summed E-state index contributed by atoms with van der Waals surface area (Å²) in [6.07, 6.45) is 1.51. The minimum Gasteiger partial charge on any atom is -0.508 e. The van der Waals surface area contributed by atoms with Crippen LogP contribution in [0.4, 0.5) is 0 Å². The van der Waals surface area contributed by atoms with Gasteiger partial charge in [0, 0.05) is 5.46 Å². The average Bonchev–Trinajstić information content (AvgIpc) is 2.51. The van der Waals surface area contributed by atoms with E-state index in [1.807, 2.05) is 27.7 Å². The summed E-state index contributed by atoms with van der Waals surface area (Å²) < 4.78 is 11.8. The normalized spacial score (nSPS) is 21.2. The molecule has 0 spiro atoms. The van der Waals surface area contributed by atoms with Crippen LogP contribution in [0.1, 0.15) is 33.3 Å². The van der Waals surface area contributed by atoms with E-state index in [0.717, 1.165) is 5.56 Å². The Hall–Kier alpha value is -1.53. The first-order chi connectivity index (χ1) is 8.77. The Morgan fingerprint density at radius 2 is 1.79 bits per heavy atom. The van der Waals surface area contributed by atoms with E-state index in [4.69, 9.17) is 15.2 Å². The molecule has 0 amide bonds. The van der Waals surface area contributed by atoms with Crippen molar-refractivity contribution in [3.63, 3.8) is 0 Å². The van der Waals surface area contributed by atoms with Gasteiger partial charge in [-0.1, -0.05) is 0 Å². The summed E-state index contributed by atoms with van der Waals surface area (Å²) in [5, 5.41) is 13.4. The maximum atomic E-state index is 9.97. The quantitative estimate of drug-likeness (QED) is 0.360. The van der Waals surface area contributed by atoms with Crippen molar-refractivity contribution in [3.8, 4) is 5.75 Å². The highest BCUT2D eigenvalue weighted by molar-refractivity contribution is 6.63. The molecule has 0 aromatic heterocycles. The van der Waals surface area contributed by atoms with Crippen LogP contribution in [0.5, 0.6) is 5.75 Å². The van der Waals surface area contributed by atoms with E-state index in [1.54, 1.807) is 18.2 Å². The predicted molar refractivity (Wildman–Crippen MR) is 75.6 cm³/mol. The number of rotatable bonds is 2. The lowest BCUT2D eigenvalue weighted by molar-refractivity contribution is 0.00578. The Balaban J connectivity index is 2.36. The monoisotopic (exact) mass is 262 g/mol. The number of phenols is 1. The molecule has 0 bridgehead atoms. The maximum Gasteiger partial charge on any atom is 0.498 e. The van der Waals surface area contributed by atoms with E-state index in [9.17, 15) is 5.11 Å². The van der Waals surface area contributed by atoms with E-state index >= 15 is 0 Å². The third kappa shape index (κ3) is 2.46. The maximum absolute atomic E-state index is 9.97. The first-order valence-corrected chi connectivity index (χ1v) is 6.19. The molecule has 0 saturated carbocycles. The summed E-state index contributed by atoms with van der Waals surface area (Å²) in [6, 6.07) is 5.06. The Morgan fingerprint density at radius 1 is 1.21 bits per heavy atom. The topological polar surface area (TPSA) is 77.1 Å². The molecule has 5 nitrogen and oxygen atoms in total. The summed E-state index contributed by atoms with van der Waals surface area (Å²) in [7, 11) is -0.601. The molecule has 1 aliphatic rings. The standard InChI is InChI=1S/C13H19BN2O3/c1-12(2)13(3,4)19-14(18-12)10-7-9(8-16-15)5-6-11(10)17/h5-8,17H,15H2,1-4H3. The second kappa shape index (κ2) is 4.54. The van der Waals surface area contributed by atoms with E-state index < -0.39 is 18.3 Å². The first-order valence-electron chi connectivity index (χ1n) is 6.19. The number of nitrogens with two attached hydrogens (primary N) is 1. The van der Waals surface area contributed by atoms with Gasteiger partial charge in [-0.15, -0.1) is 0 Å². The van der Waals surface area contributed by atoms with Crippen LogP contribution in [-0.2, 0) is 9.31 Å². The molecule has 0 aliphatic carbocycles. The Bertz CT molecular complexity index is 499. The molecule has 1 aromatic carbocycles. The fraction of sp³-hybridized carbons (Fsp3) is 0.462. The van der Waals surface area contributed by atoms with Crippen LogP contribution < -0.4 is 11.3 Å². The number of hydrogen-bond acceptors (Lipinski definition) is 5. The number of hydrazone groups is 1. The van der Waals surface area contributed by atoms with E-state index in [0.29, 0.717) is 5.46 Å². The van der Waals surface area contributed by atoms with Gasteiger partial charge in [-0.3, -0.25) is 0 Å². The van der Waals surface area contributed by atoms with Gasteiger partial charge in [0.15, 0.2) is 0 Å². The van der Waals surface area contributed by atoms with Crippen LogP contribution in [0.3, 0.4) is 0 Å². The summed E-state index contributed by atoms with van der Waals surface area (Å²) in [5.74, 6) is 5.26. The van der Waals surface area contributed by atoms with Gasteiger partial charge >= 0.3 is 7.12 Å². The molecule has 1 heterocycles. The second-order valence-corrected chi connectivity index (χ2v) is 5.68. The van der Waals surface area contributed by atoms with Gasteiger partial charge < -0.3 is 20.3 Å². The van der Waals surface area contributed by atoms with Crippen molar-refractivity contribution in [1.82, 2.24) is 0 Å². The van der Waals surface area contributed by atoms with Gasteiger partial charge in [0.05, 0.1) is 17.4 Å². The van der Waals surface area contributed by atoms with Crippen LogP contribution in [0.2, 0.25) is 0 Å². The molecule has 0 atom stereocenters. The molecular formula is C13H19BN2O3.